The summed E-state index contributed by atoms with van der Waals surface area (Å²) in [4.78, 5) is 15.0. The van der Waals surface area contributed by atoms with Crippen molar-refractivity contribution in [3.05, 3.63) is 35.6 Å². The van der Waals surface area contributed by atoms with Gasteiger partial charge in [0.25, 0.3) is 0 Å². The van der Waals surface area contributed by atoms with Crippen LogP contribution in [0, 0.1) is 17.1 Å². The van der Waals surface area contributed by atoms with Crippen LogP contribution < -0.4 is 5.32 Å². The van der Waals surface area contributed by atoms with E-state index in [2.05, 4.69) is 10.2 Å². The molecule has 1 saturated carbocycles. The van der Waals surface area contributed by atoms with Crippen molar-refractivity contribution in [3.63, 3.8) is 0 Å². The summed E-state index contributed by atoms with van der Waals surface area (Å²) in [5.41, 5.74) is 0.0634. The first kappa shape index (κ1) is 17.8. The van der Waals surface area contributed by atoms with E-state index in [-0.39, 0.29) is 17.0 Å². The zero-order valence-electron chi connectivity index (χ0n) is 14.3. The Balaban J connectivity index is 1.69. The zero-order valence-corrected chi connectivity index (χ0v) is 14.3. The third-order valence-electron chi connectivity index (χ3n) is 5.36. The normalized spacial score (nSPS) is 21.4. The summed E-state index contributed by atoms with van der Waals surface area (Å²) in [6.45, 7) is 3.06. The van der Waals surface area contributed by atoms with Gasteiger partial charge in [0.1, 0.15) is 11.9 Å². The van der Waals surface area contributed by atoms with Gasteiger partial charge in [-0.25, -0.2) is 4.39 Å². The quantitative estimate of drug-likeness (QED) is 0.891. The summed E-state index contributed by atoms with van der Waals surface area (Å²) in [5, 5.41) is 12.1. The molecular weight excluding hydrogens is 321 g/mol. The van der Waals surface area contributed by atoms with Crippen LogP contribution in [0.25, 0.3) is 0 Å². The molecule has 0 spiro atoms. The number of morpholine rings is 1. The topological polar surface area (TPSA) is 65.4 Å². The molecule has 134 valence electrons. The van der Waals surface area contributed by atoms with Gasteiger partial charge < -0.3 is 10.1 Å². The van der Waals surface area contributed by atoms with Crippen molar-refractivity contribution in [3.8, 4) is 6.07 Å². The summed E-state index contributed by atoms with van der Waals surface area (Å²) in [6.07, 6.45) is 4.54. The van der Waals surface area contributed by atoms with Crippen LogP contribution in [-0.4, -0.2) is 42.6 Å². The Morgan fingerprint density at radius 2 is 2.00 bits per heavy atom. The van der Waals surface area contributed by atoms with Gasteiger partial charge in [0.2, 0.25) is 5.91 Å². The van der Waals surface area contributed by atoms with Gasteiger partial charge in [-0.3, -0.25) is 9.69 Å². The average molecular weight is 345 g/mol. The molecule has 2 fully saturated rings. The number of nitriles is 1. The number of halogens is 1. The molecule has 1 heterocycles. The van der Waals surface area contributed by atoms with Crippen LogP contribution in [0.3, 0.4) is 0 Å². The Labute approximate surface area is 147 Å². The van der Waals surface area contributed by atoms with E-state index in [1.165, 1.54) is 12.1 Å². The monoisotopic (exact) mass is 345 g/mol. The van der Waals surface area contributed by atoms with Crippen molar-refractivity contribution >= 4 is 5.91 Å². The summed E-state index contributed by atoms with van der Waals surface area (Å²) in [7, 11) is 0. The van der Waals surface area contributed by atoms with E-state index in [0.29, 0.717) is 19.6 Å². The molecule has 1 atom stereocenters. The van der Waals surface area contributed by atoms with Crippen LogP contribution in [0.5, 0.6) is 0 Å². The lowest BCUT2D eigenvalue weighted by atomic mass is 9.89. The fraction of sp³-hybridized carbons (Fsp3) is 0.579. The molecular formula is C19H24FN3O2. The highest BCUT2D eigenvalue weighted by Crippen LogP contribution is 2.38. The van der Waals surface area contributed by atoms with Gasteiger partial charge in [-0.2, -0.15) is 5.26 Å². The van der Waals surface area contributed by atoms with E-state index >= 15 is 0 Å². The molecule has 1 aliphatic carbocycles. The highest BCUT2D eigenvalue weighted by Gasteiger charge is 2.42. The Morgan fingerprint density at radius 1 is 1.32 bits per heavy atom. The fourth-order valence-electron chi connectivity index (χ4n) is 4.08. The van der Waals surface area contributed by atoms with E-state index < -0.39 is 11.9 Å². The summed E-state index contributed by atoms with van der Waals surface area (Å²) < 4.78 is 19.4. The Kier molecular flexibility index (Phi) is 5.67. The maximum Gasteiger partial charge on any atom is 0.223 e. The number of rotatable bonds is 5. The van der Waals surface area contributed by atoms with Crippen LogP contribution in [0.2, 0.25) is 0 Å². The molecule has 25 heavy (non-hydrogen) atoms. The van der Waals surface area contributed by atoms with Crippen LogP contribution >= 0.6 is 0 Å². The van der Waals surface area contributed by atoms with Gasteiger partial charge in [-0.15, -0.1) is 0 Å². The van der Waals surface area contributed by atoms with Crippen molar-refractivity contribution < 1.29 is 13.9 Å². The molecule has 1 unspecified atom stereocenters. The summed E-state index contributed by atoms with van der Waals surface area (Å²) >= 11 is 0. The van der Waals surface area contributed by atoms with Crippen LogP contribution in [0.15, 0.2) is 24.3 Å². The molecule has 0 bridgehead atoms. The standard InChI is InChI=1S/C19H24FN3O2/c20-16-6-2-1-5-15(16)17(14-21)22-18(24)13-19(7-3-4-8-19)23-9-11-25-12-10-23/h1-2,5-6,17H,3-4,7-13H2,(H,22,24). The molecule has 1 saturated heterocycles. The number of amides is 1. The van der Waals surface area contributed by atoms with Crippen LogP contribution in [-0.2, 0) is 9.53 Å². The molecule has 1 aromatic carbocycles. The van der Waals surface area contributed by atoms with Crippen LogP contribution in [0.1, 0.15) is 43.7 Å². The van der Waals surface area contributed by atoms with E-state index in [1.807, 2.05) is 6.07 Å². The summed E-state index contributed by atoms with van der Waals surface area (Å²) in [6, 6.07) is 7.12. The van der Waals surface area contributed by atoms with Gasteiger partial charge in [-0.1, -0.05) is 31.0 Å². The molecule has 0 aromatic heterocycles. The zero-order chi connectivity index (χ0) is 17.7. The minimum absolute atomic E-state index is 0.150. The first-order valence-corrected chi connectivity index (χ1v) is 8.91. The van der Waals surface area contributed by atoms with Crippen molar-refractivity contribution in [1.82, 2.24) is 10.2 Å². The van der Waals surface area contributed by atoms with Crippen molar-refractivity contribution in [2.45, 2.75) is 43.7 Å². The first-order valence-electron chi connectivity index (χ1n) is 8.91. The predicted molar refractivity (Wildman–Crippen MR) is 91.1 cm³/mol. The second-order valence-corrected chi connectivity index (χ2v) is 6.86. The van der Waals surface area contributed by atoms with Crippen LogP contribution in [0.4, 0.5) is 4.39 Å². The maximum atomic E-state index is 13.9. The van der Waals surface area contributed by atoms with Gasteiger partial charge in [0.15, 0.2) is 0 Å². The maximum absolute atomic E-state index is 13.9. The fourth-order valence-corrected chi connectivity index (χ4v) is 4.08. The molecule has 2 aliphatic rings. The number of carbonyl (C=O) groups excluding carboxylic acids is 1. The lowest BCUT2D eigenvalue weighted by Crippen LogP contribution is -2.54. The largest absolute Gasteiger partial charge is 0.379 e. The van der Waals surface area contributed by atoms with E-state index in [9.17, 15) is 14.4 Å². The molecule has 1 aliphatic heterocycles. The molecule has 1 amide bonds. The minimum atomic E-state index is -0.961. The Hall–Kier alpha value is -1.97. The molecule has 1 aromatic rings. The number of benzene rings is 1. The summed E-state index contributed by atoms with van der Waals surface area (Å²) in [5.74, 6) is -0.665. The third-order valence-corrected chi connectivity index (χ3v) is 5.36. The number of nitrogens with zero attached hydrogens (tertiary/aromatic N) is 2. The van der Waals surface area contributed by atoms with Gasteiger partial charge in [0, 0.05) is 30.6 Å². The number of hydrogen-bond acceptors (Lipinski definition) is 4. The van der Waals surface area contributed by atoms with Crippen molar-refractivity contribution in [2.24, 2.45) is 0 Å². The first-order chi connectivity index (χ1) is 12.1. The lowest BCUT2D eigenvalue weighted by Gasteiger charge is -2.43. The SMILES string of the molecule is N#CC(NC(=O)CC1(N2CCOCC2)CCCC1)c1ccccc1F. The second kappa shape index (κ2) is 7.94. The lowest BCUT2D eigenvalue weighted by molar-refractivity contribution is -0.125. The second-order valence-electron chi connectivity index (χ2n) is 6.86. The molecule has 5 nitrogen and oxygen atoms in total. The molecule has 3 rings (SSSR count). The predicted octanol–water partition coefficient (Wildman–Crippen LogP) is 2.54. The van der Waals surface area contributed by atoms with Gasteiger partial charge in [-0.05, 0) is 18.9 Å². The van der Waals surface area contributed by atoms with Crippen molar-refractivity contribution in [2.75, 3.05) is 26.3 Å². The molecule has 1 N–H and O–H groups in total. The third kappa shape index (κ3) is 4.00. The number of nitrogens with one attached hydrogen (secondary N) is 1. The Bertz CT molecular complexity index is 646. The van der Waals surface area contributed by atoms with E-state index in [4.69, 9.17) is 4.74 Å². The number of hydrogen-bond donors (Lipinski definition) is 1. The molecule has 0 radical (unpaired) electrons. The van der Waals surface area contributed by atoms with Gasteiger partial charge >= 0.3 is 0 Å². The number of carbonyl (C=O) groups is 1. The number of ether oxygens (including phenoxy) is 1. The van der Waals surface area contributed by atoms with E-state index in [0.717, 1.165) is 38.8 Å². The minimum Gasteiger partial charge on any atom is -0.379 e. The molecule has 6 heteroatoms. The Morgan fingerprint density at radius 3 is 2.64 bits per heavy atom. The van der Waals surface area contributed by atoms with Crippen molar-refractivity contribution in [1.29, 1.82) is 5.26 Å². The van der Waals surface area contributed by atoms with Gasteiger partial charge in [0.05, 0.1) is 19.3 Å². The highest BCUT2D eigenvalue weighted by molar-refractivity contribution is 5.78. The smallest absolute Gasteiger partial charge is 0.223 e. The average Bonchev–Trinajstić information content (AvgIpc) is 3.11. The van der Waals surface area contributed by atoms with E-state index in [1.54, 1.807) is 12.1 Å². The highest BCUT2D eigenvalue weighted by atomic mass is 19.1.